The lowest BCUT2D eigenvalue weighted by Crippen LogP contribution is -2.04. The molecule has 0 aliphatic heterocycles. The third-order valence-corrected chi connectivity index (χ3v) is 5.30. The molecule has 0 spiro atoms. The summed E-state index contributed by atoms with van der Waals surface area (Å²) in [5, 5.41) is 13.6. The molecule has 0 amide bonds. The van der Waals surface area contributed by atoms with Crippen molar-refractivity contribution >= 4 is 11.8 Å². The van der Waals surface area contributed by atoms with Gasteiger partial charge in [-0.05, 0) is 31.0 Å². The monoisotopic (exact) mass is 395 g/mol. The largest absolute Gasteiger partial charge is 0.461 e. The maximum Gasteiger partial charge on any atom is 0.239 e. The van der Waals surface area contributed by atoms with E-state index in [1.54, 1.807) is 18.0 Å². The average molecular weight is 395 g/mol. The van der Waals surface area contributed by atoms with Gasteiger partial charge in [-0.2, -0.15) is 4.98 Å². The summed E-state index contributed by atoms with van der Waals surface area (Å²) >= 11 is 1.54. The SMILES string of the molecule is CCCc1noc(C(C)Sc2nnc(-c3ccco3)n2Cc2ccccc2)n1. The number of hydrogen-bond acceptors (Lipinski definition) is 7. The van der Waals surface area contributed by atoms with Crippen LogP contribution in [0.1, 0.15) is 42.8 Å². The van der Waals surface area contributed by atoms with Gasteiger partial charge in [-0.1, -0.05) is 54.2 Å². The average Bonchev–Trinajstić information content (AvgIpc) is 3.45. The Morgan fingerprint density at radius 3 is 2.71 bits per heavy atom. The van der Waals surface area contributed by atoms with Crippen LogP contribution in [-0.4, -0.2) is 24.9 Å². The Labute approximate surface area is 167 Å². The fraction of sp³-hybridized carbons (Fsp3) is 0.300. The van der Waals surface area contributed by atoms with Crippen LogP contribution in [0.4, 0.5) is 0 Å². The van der Waals surface area contributed by atoms with Gasteiger partial charge in [-0.15, -0.1) is 10.2 Å². The van der Waals surface area contributed by atoms with Crippen molar-refractivity contribution in [3.8, 4) is 11.6 Å². The summed E-state index contributed by atoms with van der Waals surface area (Å²) in [4.78, 5) is 4.49. The lowest BCUT2D eigenvalue weighted by atomic mass is 10.2. The van der Waals surface area contributed by atoms with E-state index < -0.39 is 0 Å². The van der Waals surface area contributed by atoms with Gasteiger partial charge in [0, 0.05) is 6.42 Å². The lowest BCUT2D eigenvalue weighted by molar-refractivity contribution is 0.374. The zero-order chi connectivity index (χ0) is 19.3. The molecule has 144 valence electrons. The molecular formula is C20H21N5O2S. The first-order chi connectivity index (χ1) is 13.7. The molecule has 8 heteroatoms. The summed E-state index contributed by atoms with van der Waals surface area (Å²) in [6.07, 6.45) is 3.44. The van der Waals surface area contributed by atoms with Gasteiger partial charge in [0.15, 0.2) is 16.7 Å². The van der Waals surface area contributed by atoms with Crippen molar-refractivity contribution in [2.24, 2.45) is 0 Å². The van der Waals surface area contributed by atoms with E-state index >= 15 is 0 Å². The van der Waals surface area contributed by atoms with E-state index in [0.29, 0.717) is 24.0 Å². The Hall–Kier alpha value is -2.87. The van der Waals surface area contributed by atoms with Crippen LogP contribution in [0.15, 0.2) is 62.8 Å². The fourth-order valence-corrected chi connectivity index (χ4v) is 3.72. The van der Waals surface area contributed by atoms with Gasteiger partial charge >= 0.3 is 0 Å². The molecule has 0 radical (unpaired) electrons. The molecule has 0 aliphatic rings. The van der Waals surface area contributed by atoms with Crippen LogP contribution in [0.5, 0.6) is 0 Å². The van der Waals surface area contributed by atoms with Crippen molar-refractivity contribution in [2.75, 3.05) is 0 Å². The van der Waals surface area contributed by atoms with Crippen molar-refractivity contribution in [3.63, 3.8) is 0 Å². The van der Waals surface area contributed by atoms with Gasteiger partial charge in [0.05, 0.1) is 18.1 Å². The van der Waals surface area contributed by atoms with Crippen LogP contribution in [0, 0.1) is 0 Å². The van der Waals surface area contributed by atoms with E-state index in [1.807, 2.05) is 37.3 Å². The van der Waals surface area contributed by atoms with E-state index in [4.69, 9.17) is 8.94 Å². The number of aryl methyl sites for hydroxylation is 1. The highest BCUT2D eigenvalue weighted by atomic mass is 32.2. The molecular weight excluding hydrogens is 374 g/mol. The van der Waals surface area contributed by atoms with Crippen molar-refractivity contribution in [1.29, 1.82) is 0 Å². The van der Waals surface area contributed by atoms with Crippen LogP contribution in [-0.2, 0) is 13.0 Å². The molecule has 1 aromatic carbocycles. The molecule has 0 N–H and O–H groups in total. The summed E-state index contributed by atoms with van der Waals surface area (Å²) in [5.41, 5.74) is 1.16. The predicted octanol–water partition coefficient (Wildman–Crippen LogP) is 4.78. The second-order valence-electron chi connectivity index (χ2n) is 6.41. The Kier molecular flexibility index (Phi) is 5.57. The van der Waals surface area contributed by atoms with Crippen LogP contribution in [0.2, 0.25) is 0 Å². The standard InChI is InChI=1S/C20H21N5O2S/c1-3-8-17-21-19(27-24-17)14(2)28-20-23-22-18(16-11-7-12-26-16)25(20)13-15-9-5-4-6-10-15/h4-7,9-12,14H,3,8,13H2,1-2H3. The maximum absolute atomic E-state index is 5.56. The fourth-order valence-electron chi connectivity index (χ4n) is 2.84. The highest BCUT2D eigenvalue weighted by molar-refractivity contribution is 7.99. The third-order valence-electron chi connectivity index (χ3n) is 4.23. The summed E-state index contributed by atoms with van der Waals surface area (Å²) in [7, 11) is 0. The first-order valence-electron chi connectivity index (χ1n) is 9.24. The minimum Gasteiger partial charge on any atom is -0.461 e. The number of benzene rings is 1. The van der Waals surface area contributed by atoms with Gasteiger partial charge in [-0.3, -0.25) is 4.57 Å². The summed E-state index contributed by atoms with van der Waals surface area (Å²) in [6.45, 7) is 4.77. The molecule has 4 rings (SSSR count). The first-order valence-corrected chi connectivity index (χ1v) is 10.1. The molecule has 7 nitrogen and oxygen atoms in total. The quantitative estimate of drug-likeness (QED) is 0.397. The number of hydrogen-bond donors (Lipinski definition) is 0. The van der Waals surface area contributed by atoms with Crippen molar-refractivity contribution in [3.05, 3.63) is 66.0 Å². The van der Waals surface area contributed by atoms with E-state index in [-0.39, 0.29) is 5.25 Å². The minimum atomic E-state index is -0.0405. The highest BCUT2D eigenvalue weighted by Crippen LogP contribution is 2.35. The number of rotatable bonds is 8. The second kappa shape index (κ2) is 8.43. The number of thioether (sulfide) groups is 1. The van der Waals surface area contributed by atoms with Crippen LogP contribution in [0.25, 0.3) is 11.6 Å². The molecule has 3 aromatic heterocycles. The van der Waals surface area contributed by atoms with Crippen LogP contribution in [0.3, 0.4) is 0 Å². The van der Waals surface area contributed by atoms with E-state index in [0.717, 1.165) is 29.4 Å². The molecule has 0 saturated heterocycles. The van der Waals surface area contributed by atoms with E-state index in [9.17, 15) is 0 Å². The molecule has 1 unspecified atom stereocenters. The van der Waals surface area contributed by atoms with Crippen molar-refractivity contribution in [2.45, 2.75) is 43.6 Å². The first kappa shape index (κ1) is 18.5. The molecule has 3 heterocycles. The second-order valence-corrected chi connectivity index (χ2v) is 7.72. The van der Waals surface area contributed by atoms with Gasteiger partial charge < -0.3 is 8.94 Å². The Balaban J connectivity index is 1.62. The van der Waals surface area contributed by atoms with Crippen LogP contribution >= 0.6 is 11.8 Å². The maximum atomic E-state index is 5.56. The lowest BCUT2D eigenvalue weighted by Gasteiger charge is -2.11. The zero-order valence-corrected chi connectivity index (χ0v) is 16.6. The highest BCUT2D eigenvalue weighted by Gasteiger charge is 2.22. The van der Waals surface area contributed by atoms with E-state index in [1.165, 1.54) is 0 Å². The smallest absolute Gasteiger partial charge is 0.239 e. The molecule has 0 saturated carbocycles. The van der Waals surface area contributed by atoms with Crippen molar-refractivity contribution in [1.82, 2.24) is 24.9 Å². The Bertz CT molecular complexity index is 1010. The predicted molar refractivity (Wildman–Crippen MR) is 106 cm³/mol. The van der Waals surface area contributed by atoms with Crippen LogP contribution < -0.4 is 0 Å². The summed E-state index contributed by atoms with van der Waals surface area (Å²) < 4.78 is 13.0. The third kappa shape index (κ3) is 4.01. The number of aromatic nitrogens is 5. The van der Waals surface area contributed by atoms with E-state index in [2.05, 4.69) is 44.0 Å². The van der Waals surface area contributed by atoms with Gasteiger partial charge in [0.1, 0.15) is 0 Å². The topological polar surface area (TPSA) is 82.8 Å². The molecule has 0 aliphatic carbocycles. The van der Waals surface area contributed by atoms with Gasteiger partial charge in [0.25, 0.3) is 0 Å². The molecule has 4 aromatic rings. The number of nitrogens with zero attached hydrogens (tertiary/aromatic N) is 5. The van der Waals surface area contributed by atoms with Gasteiger partial charge in [-0.25, -0.2) is 0 Å². The summed E-state index contributed by atoms with van der Waals surface area (Å²) in [6, 6.07) is 13.9. The number of furan rings is 1. The van der Waals surface area contributed by atoms with Crippen molar-refractivity contribution < 1.29 is 8.94 Å². The van der Waals surface area contributed by atoms with Gasteiger partial charge in [0.2, 0.25) is 11.7 Å². The normalized spacial score (nSPS) is 12.4. The molecule has 0 bridgehead atoms. The minimum absolute atomic E-state index is 0.0405. The Morgan fingerprint density at radius 2 is 1.96 bits per heavy atom. The molecule has 28 heavy (non-hydrogen) atoms. The molecule has 0 fully saturated rings. The summed E-state index contributed by atoms with van der Waals surface area (Å²) in [5.74, 6) is 2.72. The molecule has 1 atom stereocenters. The zero-order valence-electron chi connectivity index (χ0n) is 15.8. The Morgan fingerprint density at radius 1 is 1.11 bits per heavy atom.